The Morgan fingerprint density at radius 1 is 1.10 bits per heavy atom. The van der Waals surface area contributed by atoms with Gasteiger partial charge < -0.3 is 14.8 Å². The fourth-order valence-electron chi connectivity index (χ4n) is 3.11. The van der Waals surface area contributed by atoms with Gasteiger partial charge in [-0.05, 0) is 55.3 Å². The molecular formula is C23H21N3O3S. The lowest BCUT2D eigenvalue weighted by Gasteiger charge is -2.13. The van der Waals surface area contributed by atoms with Crippen molar-refractivity contribution in [3.8, 4) is 22.1 Å². The summed E-state index contributed by atoms with van der Waals surface area (Å²) in [5.74, 6) is 0.889. The number of carbonyl (C=O) groups excluding carboxylic acids is 1. The minimum Gasteiger partial charge on any atom is -0.493 e. The van der Waals surface area contributed by atoms with Gasteiger partial charge in [-0.1, -0.05) is 29.5 Å². The van der Waals surface area contributed by atoms with Crippen LogP contribution in [0.5, 0.6) is 11.5 Å². The Kier molecular flexibility index (Phi) is 5.63. The maximum Gasteiger partial charge on any atom is 0.262 e. The molecule has 6 nitrogen and oxygen atoms in total. The smallest absolute Gasteiger partial charge is 0.262 e. The Morgan fingerprint density at radius 2 is 1.97 bits per heavy atom. The SMILES string of the molecule is COc1cc(C)ccc1OCC(=O)Nc1cccc(-c2nc3cccnc3s2)c1C. The van der Waals surface area contributed by atoms with Crippen LogP contribution in [0.2, 0.25) is 0 Å². The molecule has 7 heteroatoms. The van der Waals surface area contributed by atoms with Crippen molar-refractivity contribution in [2.45, 2.75) is 13.8 Å². The molecule has 1 amide bonds. The molecule has 152 valence electrons. The quantitative estimate of drug-likeness (QED) is 0.476. The van der Waals surface area contributed by atoms with Crippen molar-refractivity contribution in [3.05, 3.63) is 65.9 Å². The normalized spacial score (nSPS) is 10.8. The summed E-state index contributed by atoms with van der Waals surface area (Å²) >= 11 is 1.53. The van der Waals surface area contributed by atoms with Crippen LogP contribution in [0.1, 0.15) is 11.1 Å². The lowest BCUT2D eigenvalue weighted by molar-refractivity contribution is -0.118. The third-order valence-electron chi connectivity index (χ3n) is 4.68. The number of hydrogen-bond acceptors (Lipinski definition) is 6. The van der Waals surface area contributed by atoms with Crippen LogP contribution in [-0.2, 0) is 4.79 Å². The summed E-state index contributed by atoms with van der Waals surface area (Å²) in [6, 6.07) is 15.2. The monoisotopic (exact) mass is 419 g/mol. The van der Waals surface area contributed by atoms with Gasteiger partial charge in [-0.3, -0.25) is 4.79 Å². The van der Waals surface area contributed by atoms with Gasteiger partial charge in [0, 0.05) is 17.4 Å². The number of nitrogens with one attached hydrogen (secondary N) is 1. The number of amides is 1. The number of benzene rings is 2. The van der Waals surface area contributed by atoms with Crippen molar-refractivity contribution in [1.82, 2.24) is 9.97 Å². The van der Waals surface area contributed by atoms with Crippen molar-refractivity contribution >= 4 is 33.3 Å². The van der Waals surface area contributed by atoms with E-state index in [-0.39, 0.29) is 12.5 Å². The van der Waals surface area contributed by atoms with Gasteiger partial charge in [0.1, 0.15) is 15.4 Å². The van der Waals surface area contributed by atoms with E-state index in [1.807, 2.05) is 56.3 Å². The molecule has 4 aromatic rings. The van der Waals surface area contributed by atoms with Gasteiger partial charge in [0.05, 0.1) is 7.11 Å². The molecule has 0 spiro atoms. The number of pyridine rings is 1. The third kappa shape index (κ3) is 4.11. The molecule has 0 aliphatic heterocycles. The molecule has 0 radical (unpaired) electrons. The Bertz CT molecular complexity index is 1190. The number of nitrogens with zero attached hydrogens (tertiary/aromatic N) is 2. The van der Waals surface area contributed by atoms with Crippen LogP contribution in [0, 0.1) is 13.8 Å². The molecule has 2 heterocycles. The molecule has 0 atom stereocenters. The van der Waals surface area contributed by atoms with Gasteiger partial charge >= 0.3 is 0 Å². The predicted molar refractivity (Wildman–Crippen MR) is 119 cm³/mol. The Morgan fingerprint density at radius 3 is 2.77 bits per heavy atom. The van der Waals surface area contributed by atoms with E-state index in [9.17, 15) is 4.79 Å². The zero-order valence-corrected chi connectivity index (χ0v) is 17.7. The van der Waals surface area contributed by atoms with E-state index in [1.165, 1.54) is 11.3 Å². The van der Waals surface area contributed by atoms with Crippen molar-refractivity contribution in [3.63, 3.8) is 0 Å². The lowest BCUT2D eigenvalue weighted by Crippen LogP contribution is -2.21. The summed E-state index contributed by atoms with van der Waals surface area (Å²) in [6.45, 7) is 3.82. The number of thiazole rings is 1. The van der Waals surface area contributed by atoms with Crippen molar-refractivity contribution < 1.29 is 14.3 Å². The van der Waals surface area contributed by atoms with Crippen LogP contribution in [0.4, 0.5) is 5.69 Å². The minimum atomic E-state index is -0.246. The molecule has 0 fully saturated rings. The second kappa shape index (κ2) is 8.51. The minimum absolute atomic E-state index is 0.117. The van der Waals surface area contributed by atoms with Crippen molar-refractivity contribution in [1.29, 1.82) is 0 Å². The lowest BCUT2D eigenvalue weighted by atomic mass is 10.1. The number of aromatic nitrogens is 2. The topological polar surface area (TPSA) is 73.3 Å². The molecule has 1 N–H and O–H groups in total. The molecule has 0 bridgehead atoms. The number of methoxy groups -OCH3 is 1. The highest BCUT2D eigenvalue weighted by molar-refractivity contribution is 7.21. The third-order valence-corrected chi connectivity index (χ3v) is 5.70. The average molecular weight is 420 g/mol. The van der Waals surface area contributed by atoms with E-state index in [0.717, 1.165) is 37.7 Å². The molecule has 0 aliphatic carbocycles. The van der Waals surface area contributed by atoms with Gasteiger partial charge in [0.25, 0.3) is 5.91 Å². The Balaban J connectivity index is 1.50. The molecular weight excluding hydrogens is 398 g/mol. The predicted octanol–water partition coefficient (Wildman–Crippen LogP) is 5.00. The fraction of sp³-hybridized carbons (Fsp3) is 0.174. The summed E-state index contributed by atoms with van der Waals surface area (Å²) in [5, 5.41) is 3.80. The standard InChI is InChI=1S/C23H21N3O3S/c1-14-9-10-19(20(12-14)28-3)29-13-21(27)25-17-7-4-6-16(15(17)2)22-26-18-8-5-11-24-23(18)30-22/h4-12H,13H2,1-3H3,(H,25,27). The van der Waals surface area contributed by atoms with E-state index >= 15 is 0 Å². The highest BCUT2D eigenvalue weighted by Gasteiger charge is 2.14. The highest BCUT2D eigenvalue weighted by atomic mass is 32.1. The van der Waals surface area contributed by atoms with E-state index in [2.05, 4.69) is 15.3 Å². The van der Waals surface area contributed by atoms with Gasteiger partial charge in [-0.15, -0.1) is 0 Å². The van der Waals surface area contributed by atoms with Gasteiger partial charge in [-0.25, -0.2) is 9.97 Å². The Hall–Kier alpha value is -3.45. The molecule has 0 saturated carbocycles. The van der Waals surface area contributed by atoms with Crippen molar-refractivity contribution in [2.75, 3.05) is 19.0 Å². The van der Waals surface area contributed by atoms with Crippen molar-refractivity contribution in [2.24, 2.45) is 0 Å². The van der Waals surface area contributed by atoms with E-state index in [0.29, 0.717) is 11.5 Å². The molecule has 0 unspecified atom stereocenters. The van der Waals surface area contributed by atoms with Crippen LogP contribution >= 0.6 is 11.3 Å². The summed E-state index contributed by atoms with van der Waals surface area (Å²) in [7, 11) is 1.58. The first-order valence-electron chi connectivity index (χ1n) is 9.44. The summed E-state index contributed by atoms with van der Waals surface area (Å²) in [4.78, 5) is 22.4. The summed E-state index contributed by atoms with van der Waals surface area (Å²) in [6.07, 6.45) is 1.76. The fourth-order valence-corrected chi connectivity index (χ4v) is 4.10. The molecule has 30 heavy (non-hydrogen) atoms. The summed E-state index contributed by atoms with van der Waals surface area (Å²) < 4.78 is 11.0. The first-order chi connectivity index (χ1) is 14.5. The first kappa shape index (κ1) is 19.8. The maximum absolute atomic E-state index is 12.5. The number of anilines is 1. The maximum atomic E-state index is 12.5. The number of hydrogen-bond donors (Lipinski definition) is 1. The van der Waals surface area contributed by atoms with Crippen LogP contribution in [0.25, 0.3) is 20.9 Å². The van der Waals surface area contributed by atoms with Crippen LogP contribution in [-0.4, -0.2) is 29.6 Å². The van der Waals surface area contributed by atoms with Gasteiger partial charge in [0.2, 0.25) is 0 Å². The average Bonchev–Trinajstić information content (AvgIpc) is 3.18. The molecule has 0 aliphatic rings. The number of rotatable bonds is 6. The van der Waals surface area contributed by atoms with Crippen LogP contribution < -0.4 is 14.8 Å². The second-order valence-corrected chi connectivity index (χ2v) is 7.79. The van der Waals surface area contributed by atoms with E-state index in [4.69, 9.17) is 9.47 Å². The van der Waals surface area contributed by atoms with E-state index < -0.39 is 0 Å². The number of aryl methyl sites for hydroxylation is 1. The van der Waals surface area contributed by atoms with Gasteiger partial charge in [0.15, 0.2) is 18.1 Å². The van der Waals surface area contributed by atoms with Crippen LogP contribution in [0.3, 0.4) is 0 Å². The van der Waals surface area contributed by atoms with Gasteiger partial charge in [-0.2, -0.15) is 0 Å². The Labute approximate surface area is 178 Å². The zero-order chi connectivity index (χ0) is 21.1. The molecule has 0 saturated heterocycles. The number of fused-ring (bicyclic) bond motifs is 1. The zero-order valence-electron chi connectivity index (χ0n) is 16.9. The largest absolute Gasteiger partial charge is 0.493 e. The molecule has 2 aromatic carbocycles. The highest BCUT2D eigenvalue weighted by Crippen LogP contribution is 2.33. The van der Waals surface area contributed by atoms with Crippen LogP contribution in [0.15, 0.2) is 54.7 Å². The second-order valence-electron chi connectivity index (χ2n) is 6.82. The molecule has 2 aromatic heterocycles. The number of carbonyl (C=O) groups is 1. The first-order valence-corrected chi connectivity index (χ1v) is 10.3. The molecule has 4 rings (SSSR count). The number of ether oxygens (including phenoxy) is 2. The summed E-state index contributed by atoms with van der Waals surface area (Å²) in [5.41, 5.74) is 4.56. The van der Waals surface area contributed by atoms with E-state index in [1.54, 1.807) is 19.4 Å².